The topological polar surface area (TPSA) is 54.7 Å². The van der Waals surface area contributed by atoms with Gasteiger partial charge in [0, 0.05) is 19.3 Å². The fourth-order valence-electron chi connectivity index (χ4n) is 3.25. The van der Waals surface area contributed by atoms with E-state index in [2.05, 4.69) is 4.99 Å². The van der Waals surface area contributed by atoms with Gasteiger partial charge in [0.1, 0.15) is 5.82 Å². The predicted octanol–water partition coefficient (Wildman–Crippen LogP) is 3.13. The van der Waals surface area contributed by atoms with Crippen LogP contribution in [0.1, 0.15) is 5.56 Å². The van der Waals surface area contributed by atoms with Crippen molar-refractivity contribution in [3.8, 4) is 0 Å². The summed E-state index contributed by atoms with van der Waals surface area (Å²) < 4.78 is 15.9. The molecule has 0 N–H and O–H groups in total. The molecule has 3 aromatic rings. The number of anilines is 1. The van der Waals surface area contributed by atoms with Crippen molar-refractivity contribution in [2.75, 3.05) is 23.0 Å². The standard InChI is InChI=1S/C20H18FN3O2S2/c1-23-16-7-6-14(21)10-17(16)28-20(23)22-18(25)11-27-12-19(26)24-9-8-13-4-2-3-5-15(13)24/h2-7,10H,8-9,11-12H2,1H3. The Morgan fingerprint density at radius 3 is 2.89 bits per heavy atom. The van der Waals surface area contributed by atoms with Crippen molar-refractivity contribution in [3.05, 3.63) is 58.6 Å². The molecule has 0 saturated heterocycles. The van der Waals surface area contributed by atoms with Crippen LogP contribution in [0.3, 0.4) is 0 Å². The third-order valence-electron chi connectivity index (χ3n) is 4.63. The zero-order valence-electron chi connectivity index (χ0n) is 15.2. The van der Waals surface area contributed by atoms with Gasteiger partial charge in [-0.15, -0.1) is 11.8 Å². The first-order valence-corrected chi connectivity index (χ1v) is 10.8. The summed E-state index contributed by atoms with van der Waals surface area (Å²) in [7, 11) is 1.80. The number of benzene rings is 2. The second-order valence-electron chi connectivity index (χ2n) is 6.48. The molecule has 1 aromatic heterocycles. The molecule has 1 aliphatic rings. The van der Waals surface area contributed by atoms with Crippen LogP contribution >= 0.6 is 23.1 Å². The van der Waals surface area contributed by atoms with Crippen LogP contribution in [0.15, 0.2) is 47.5 Å². The number of halogens is 1. The maximum Gasteiger partial charge on any atom is 0.258 e. The van der Waals surface area contributed by atoms with Crippen LogP contribution < -0.4 is 9.70 Å². The minimum atomic E-state index is -0.315. The molecule has 4 rings (SSSR count). The number of carbonyl (C=O) groups excluding carboxylic acids is 2. The van der Waals surface area contributed by atoms with Crippen molar-refractivity contribution in [2.24, 2.45) is 12.0 Å². The number of rotatable bonds is 4. The van der Waals surface area contributed by atoms with E-state index in [4.69, 9.17) is 0 Å². The van der Waals surface area contributed by atoms with Gasteiger partial charge in [0.15, 0.2) is 4.80 Å². The van der Waals surface area contributed by atoms with Gasteiger partial charge in [0.25, 0.3) is 5.91 Å². The van der Waals surface area contributed by atoms with E-state index in [9.17, 15) is 14.0 Å². The molecule has 0 saturated carbocycles. The zero-order valence-corrected chi connectivity index (χ0v) is 16.9. The van der Waals surface area contributed by atoms with Crippen LogP contribution in [0.5, 0.6) is 0 Å². The lowest BCUT2D eigenvalue weighted by molar-refractivity contribution is -0.116. The van der Waals surface area contributed by atoms with Crippen molar-refractivity contribution in [1.82, 2.24) is 4.57 Å². The fraction of sp³-hybridized carbons (Fsp3) is 0.250. The number of fused-ring (bicyclic) bond motifs is 2. The molecular weight excluding hydrogens is 397 g/mol. The SMILES string of the molecule is Cn1c(=NC(=O)CSCC(=O)N2CCc3ccccc32)sc2cc(F)ccc21. The Morgan fingerprint density at radius 1 is 1.21 bits per heavy atom. The molecule has 0 atom stereocenters. The first-order chi connectivity index (χ1) is 13.5. The molecule has 2 amide bonds. The van der Waals surface area contributed by atoms with Crippen LogP contribution in [0.2, 0.25) is 0 Å². The molecule has 0 spiro atoms. The van der Waals surface area contributed by atoms with Crippen molar-refractivity contribution in [3.63, 3.8) is 0 Å². The third kappa shape index (κ3) is 3.74. The van der Waals surface area contributed by atoms with Gasteiger partial charge < -0.3 is 9.47 Å². The summed E-state index contributed by atoms with van der Waals surface area (Å²) >= 11 is 2.54. The quantitative estimate of drug-likeness (QED) is 0.658. The summed E-state index contributed by atoms with van der Waals surface area (Å²) in [6, 6.07) is 12.4. The molecule has 28 heavy (non-hydrogen) atoms. The Kier molecular flexibility index (Phi) is 5.32. The van der Waals surface area contributed by atoms with Crippen LogP contribution in [0.4, 0.5) is 10.1 Å². The summed E-state index contributed by atoms with van der Waals surface area (Å²) in [4.78, 5) is 31.1. The van der Waals surface area contributed by atoms with Crippen molar-refractivity contribution < 1.29 is 14.0 Å². The van der Waals surface area contributed by atoms with Crippen molar-refractivity contribution in [1.29, 1.82) is 0 Å². The second kappa shape index (κ2) is 7.89. The molecule has 8 heteroatoms. The fourth-order valence-corrected chi connectivity index (χ4v) is 4.99. The highest BCUT2D eigenvalue weighted by Crippen LogP contribution is 2.28. The van der Waals surface area contributed by atoms with E-state index in [0.29, 0.717) is 11.3 Å². The first kappa shape index (κ1) is 18.9. The number of aryl methyl sites for hydroxylation is 1. The molecule has 0 bridgehead atoms. The Labute approximate surface area is 169 Å². The summed E-state index contributed by atoms with van der Waals surface area (Å²) in [5.74, 6) is -0.249. The molecule has 2 heterocycles. The Morgan fingerprint density at radius 2 is 2.04 bits per heavy atom. The number of para-hydroxylation sites is 1. The van der Waals surface area contributed by atoms with Gasteiger partial charge in [-0.25, -0.2) is 4.39 Å². The maximum absolute atomic E-state index is 13.4. The smallest absolute Gasteiger partial charge is 0.258 e. The number of nitrogens with zero attached hydrogens (tertiary/aromatic N) is 3. The van der Waals surface area contributed by atoms with E-state index in [1.54, 1.807) is 22.6 Å². The lowest BCUT2D eigenvalue weighted by atomic mass is 10.2. The molecule has 0 radical (unpaired) electrons. The number of aromatic nitrogens is 1. The van der Waals surface area contributed by atoms with Gasteiger partial charge in [0.05, 0.1) is 21.7 Å². The van der Waals surface area contributed by atoms with E-state index >= 15 is 0 Å². The highest BCUT2D eigenvalue weighted by Gasteiger charge is 2.23. The van der Waals surface area contributed by atoms with E-state index in [1.807, 2.05) is 24.3 Å². The summed E-state index contributed by atoms with van der Waals surface area (Å²) in [6.45, 7) is 0.686. The molecule has 2 aromatic carbocycles. The van der Waals surface area contributed by atoms with Gasteiger partial charge in [-0.2, -0.15) is 4.99 Å². The molecule has 1 aliphatic heterocycles. The number of hydrogen-bond donors (Lipinski definition) is 0. The maximum atomic E-state index is 13.4. The van der Waals surface area contributed by atoms with Crippen LogP contribution in [-0.2, 0) is 23.1 Å². The van der Waals surface area contributed by atoms with Gasteiger partial charge in [-0.05, 0) is 36.2 Å². The summed E-state index contributed by atoms with van der Waals surface area (Å²) in [6.07, 6.45) is 0.865. The molecule has 0 aliphatic carbocycles. The number of hydrogen-bond acceptors (Lipinski definition) is 4. The highest BCUT2D eigenvalue weighted by atomic mass is 32.2. The third-order valence-corrected chi connectivity index (χ3v) is 6.63. The predicted molar refractivity (Wildman–Crippen MR) is 111 cm³/mol. The number of thiazole rings is 1. The number of carbonyl (C=O) groups is 2. The largest absolute Gasteiger partial charge is 0.319 e. The average molecular weight is 416 g/mol. The van der Waals surface area contributed by atoms with Crippen molar-refractivity contribution in [2.45, 2.75) is 6.42 Å². The minimum Gasteiger partial charge on any atom is -0.319 e. The van der Waals surface area contributed by atoms with E-state index in [-0.39, 0.29) is 29.1 Å². The van der Waals surface area contributed by atoms with Gasteiger partial charge >= 0.3 is 0 Å². The highest BCUT2D eigenvalue weighted by molar-refractivity contribution is 8.00. The molecule has 0 unspecified atom stereocenters. The number of thioether (sulfide) groups is 1. The summed E-state index contributed by atoms with van der Waals surface area (Å²) in [5, 5.41) is 0. The Bertz CT molecular complexity index is 1140. The number of amides is 2. The van der Waals surface area contributed by atoms with Crippen LogP contribution in [0, 0.1) is 5.82 Å². The van der Waals surface area contributed by atoms with E-state index in [0.717, 1.165) is 22.3 Å². The van der Waals surface area contributed by atoms with Gasteiger partial charge in [0.2, 0.25) is 5.91 Å². The molecule has 0 fully saturated rings. The van der Waals surface area contributed by atoms with Crippen molar-refractivity contribution >= 4 is 50.8 Å². The van der Waals surface area contributed by atoms with Gasteiger partial charge in [-0.3, -0.25) is 9.59 Å². The Hall–Kier alpha value is -2.45. The molecule has 144 valence electrons. The lowest BCUT2D eigenvalue weighted by Gasteiger charge is -2.16. The van der Waals surface area contributed by atoms with E-state index in [1.165, 1.54) is 40.8 Å². The zero-order chi connectivity index (χ0) is 19.7. The normalized spacial score (nSPS) is 13.9. The first-order valence-electron chi connectivity index (χ1n) is 8.81. The Balaban J connectivity index is 1.38. The summed E-state index contributed by atoms with van der Waals surface area (Å²) in [5.41, 5.74) is 2.97. The van der Waals surface area contributed by atoms with Crippen LogP contribution in [-0.4, -0.2) is 34.4 Å². The molecule has 5 nitrogen and oxygen atoms in total. The molecular formula is C20H18FN3O2S2. The van der Waals surface area contributed by atoms with Gasteiger partial charge in [-0.1, -0.05) is 29.5 Å². The second-order valence-corrected chi connectivity index (χ2v) is 8.47. The average Bonchev–Trinajstić information content (AvgIpc) is 3.23. The minimum absolute atomic E-state index is 0.00522. The monoisotopic (exact) mass is 415 g/mol. The van der Waals surface area contributed by atoms with E-state index < -0.39 is 0 Å². The lowest BCUT2D eigenvalue weighted by Crippen LogP contribution is -2.30. The van der Waals surface area contributed by atoms with Crippen LogP contribution in [0.25, 0.3) is 10.2 Å².